The second-order valence-corrected chi connectivity index (χ2v) is 4.90. The van der Waals surface area contributed by atoms with E-state index in [0.717, 1.165) is 5.69 Å². The number of rotatable bonds is 6. The van der Waals surface area contributed by atoms with Crippen molar-refractivity contribution in [1.82, 2.24) is 20.3 Å². The summed E-state index contributed by atoms with van der Waals surface area (Å²) in [6.07, 6.45) is 1.52. The molecule has 2 aromatic carbocycles. The van der Waals surface area contributed by atoms with Gasteiger partial charge >= 0.3 is 0 Å². The molecule has 1 aromatic heterocycles. The van der Waals surface area contributed by atoms with Gasteiger partial charge in [-0.15, -0.1) is 0 Å². The maximum absolute atomic E-state index is 9.93. The first-order valence-corrected chi connectivity index (χ1v) is 7.31. The van der Waals surface area contributed by atoms with E-state index < -0.39 is 0 Å². The van der Waals surface area contributed by atoms with Crippen LogP contribution in [0.4, 0.5) is 11.6 Å². The number of aromatic hydroxyl groups is 1. The molecule has 0 fully saturated rings. The molecule has 128 valence electrons. The highest BCUT2D eigenvalue weighted by Gasteiger charge is 2.11. The van der Waals surface area contributed by atoms with Crippen molar-refractivity contribution in [3.8, 4) is 17.2 Å². The topological polar surface area (TPSA) is 107 Å². The number of hydrogen-bond acceptors (Lipinski definition) is 8. The van der Waals surface area contributed by atoms with E-state index in [-0.39, 0.29) is 17.2 Å². The molecule has 1 heterocycles. The first-order valence-electron chi connectivity index (χ1n) is 7.31. The Hall–Kier alpha value is -3.62. The highest BCUT2D eigenvalue weighted by molar-refractivity contribution is 5.82. The molecule has 0 spiro atoms. The molecule has 0 unspecified atom stereocenters. The molecule has 0 atom stereocenters. The van der Waals surface area contributed by atoms with E-state index in [2.05, 4.69) is 25.9 Å². The lowest BCUT2D eigenvalue weighted by atomic mass is 10.2. The molecule has 0 radical (unpaired) electrons. The van der Waals surface area contributed by atoms with Gasteiger partial charge in [0.15, 0.2) is 11.5 Å². The van der Waals surface area contributed by atoms with Crippen LogP contribution < -0.4 is 14.8 Å². The molecule has 3 aromatic rings. The van der Waals surface area contributed by atoms with Crippen molar-refractivity contribution in [1.29, 1.82) is 0 Å². The van der Waals surface area contributed by atoms with Crippen LogP contribution in [0, 0.1) is 0 Å². The third kappa shape index (κ3) is 3.66. The van der Waals surface area contributed by atoms with Crippen molar-refractivity contribution >= 4 is 17.9 Å². The second kappa shape index (κ2) is 7.30. The summed E-state index contributed by atoms with van der Waals surface area (Å²) >= 11 is 0. The maximum atomic E-state index is 9.93. The Morgan fingerprint density at radius 1 is 1.12 bits per heavy atom. The Balaban J connectivity index is 1.85. The molecule has 2 N–H and O–H groups in total. The first-order chi connectivity index (χ1) is 12.2. The number of benzene rings is 2. The molecule has 3 rings (SSSR count). The summed E-state index contributed by atoms with van der Waals surface area (Å²) in [5.74, 6) is 0.844. The van der Waals surface area contributed by atoms with E-state index in [9.17, 15) is 5.11 Å². The van der Waals surface area contributed by atoms with Crippen LogP contribution in [0.3, 0.4) is 0 Å². The summed E-state index contributed by atoms with van der Waals surface area (Å²) in [6, 6.07) is 12.7. The Morgan fingerprint density at radius 3 is 2.44 bits per heavy atom. The average Bonchev–Trinajstić information content (AvgIpc) is 3.08. The van der Waals surface area contributed by atoms with E-state index in [1.165, 1.54) is 25.2 Å². The number of nitrogens with one attached hydrogen (secondary N) is 1. The number of phenols is 1. The highest BCUT2D eigenvalue weighted by atomic mass is 16.5. The van der Waals surface area contributed by atoms with Gasteiger partial charge in [0.2, 0.25) is 5.75 Å². The predicted octanol–water partition coefficient (Wildman–Crippen LogP) is 2.02. The van der Waals surface area contributed by atoms with E-state index in [1.807, 2.05) is 30.3 Å². The summed E-state index contributed by atoms with van der Waals surface area (Å²) in [6.45, 7) is 0. The van der Waals surface area contributed by atoms with Crippen molar-refractivity contribution in [2.75, 3.05) is 19.5 Å². The molecule has 0 bridgehead atoms. The van der Waals surface area contributed by atoms with Gasteiger partial charge in [-0.2, -0.15) is 5.10 Å². The summed E-state index contributed by atoms with van der Waals surface area (Å²) in [7, 11) is 2.91. The summed E-state index contributed by atoms with van der Waals surface area (Å²) < 4.78 is 10.2. The quantitative estimate of drug-likeness (QED) is 0.661. The van der Waals surface area contributed by atoms with Crippen LogP contribution in [0.2, 0.25) is 0 Å². The minimum absolute atomic E-state index is 0.0731. The molecule has 0 aliphatic carbocycles. The lowest BCUT2D eigenvalue weighted by Crippen LogP contribution is -2.01. The number of hydrogen-bond donors (Lipinski definition) is 2. The SMILES string of the molecule is COc1cc(/C=N/n2nnnc2Nc2ccccc2)cc(OC)c1O. The number of phenolic OH excluding ortho intramolecular Hbond substituents is 1. The number of para-hydroxylation sites is 1. The molecular formula is C16H16N6O3. The van der Waals surface area contributed by atoms with Crippen molar-refractivity contribution in [3.05, 3.63) is 48.0 Å². The van der Waals surface area contributed by atoms with E-state index in [1.54, 1.807) is 12.1 Å². The predicted molar refractivity (Wildman–Crippen MR) is 91.7 cm³/mol. The minimum atomic E-state index is -0.0731. The number of aromatic nitrogens is 4. The highest BCUT2D eigenvalue weighted by Crippen LogP contribution is 2.36. The standard InChI is InChI=1S/C16H16N6O3/c1-24-13-8-11(9-14(25-2)15(13)23)10-17-22-16(19-20-21-22)18-12-6-4-3-5-7-12/h3-10,23H,1-2H3,(H,18,19,21)/b17-10+. The van der Waals surface area contributed by atoms with Gasteiger partial charge in [-0.1, -0.05) is 28.1 Å². The smallest absolute Gasteiger partial charge is 0.269 e. The van der Waals surface area contributed by atoms with Gasteiger partial charge in [0.1, 0.15) is 0 Å². The Labute approximate surface area is 143 Å². The van der Waals surface area contributed by atoms with Crippen molar-refractivity contribution in [2.45, 2.75) is 0 Å². The molecule has 0 saturated carbocycles. The number of tetrazole rings is 1. The fourth-order valence-electron chi connectivity index (χ4n) is 2.10. The van der Waals surface area contributed by atoms with E-state index in [4.69, 9.17) is 9.47 Å². The van der Waals surface area contributed by atoms with Gasteiger partial charge in [-0.05, 0) is 34.7 Å². The third-order valence-electron chi connectivity index (χ3n) is 3.30. The lowest BCUT2D eigenvalue weighted by Gasteiger charge is -2.09. The summed E-state index contributed by atoms with van der Waals surface area (Å²) in [4.78, 5) is 1.25. The zero-order chi connectivity index (χ0) is 17.6. The van der Waals surface area contributed by atoms with Crippen LogP contribution in [0.1, 0.15) is 5.56 Å². The normalized spacial score (nSPS) is 10.8. The lowest BCUT2D eigenvalue weighted by molar-refractivity contribution is 0.340. The first kappa shape index (κ1) is 16.2. The second-order valence-electron chi connectivity index (χ2n) is 4.90. The van der Waals surface area contributed by atoms with Gasteiger partial charge in [0.25, 0.3) is 5.95 Å². The van der Waals surface area contributed by atoms with Gasteiger partial charge in [-0.25, -0.2) is 0 Å². The van der Waals surface area contributed by atoms with Crippen molar-refractivity contribution in [2.24, 2.45) is 5.10 Å². The molecule has 9 nitrogen and oxygen atoms in total. The minimum Gasteiger partial charge on any atom is -0.502 e. The van der Waals surface area contributed by atoms with Crippen LogP contribution in [-0.2, 0) is 0 Å². The molecule has 0 aliphatic heterocycles. The van der Waals surface area contributed by atoms with Crippen molar-refractivity contribution in [3.63, 3.8) is 0 Å². The van der Waals surface area contributed by atoms with Crippen LogP contribution in [-0.4, -0.2) is 45.9 Å². The largest absolute Gasteiger partial charge is 0.502 e. The van der Waals surface area contributed by atoms with Gasteiger partial charge in [0, 0.05) is 11.3 Å². The molecular weight excluding hydrogens is 324 g/mol. The molecule has 9 heteroatoms. The zero-order valence-electron chi connectivity index (χ0n) is 13.6. The molecule has 25 heavy (non-hydrogen) atoms. The monoisotopic (exact) mass is 340 g/mol. The van der Waals surface area contributed by atoms with E-state index in [0.29, 0.717) is 11.5 Å². The number of methoxy groups -OCH3 is 2. The van der Waals surface area contributed by atoms with Crippen LogP contribution in [0.15, 0.2) is 47.6 Å². The third-order valence-corrected chi connectivity index (χ3v) is 3.30. The van der Waals surface area contributed by atoms with Gasteiger partial charge in [0.05, 0.1) is 20.4 Å². The molecule has 0 saturated heterocycles. The van der Waals surface area contributed by atoms with Crippen LogP contribution >= 0.6 is 0 Å². The number of ether oxygens (including phenoxy) is 2. The van der Waals surface area contributed by atoms with Gasteiger partial charge in [-0.3, -0.25) is 0 Å². The molecule has 0 amide bonds. The zero-order valence-corrected chi connectivity index (χ0v) is 13.6. The Morgan fingerprint density at radius 2 is 1.80 bits per heavy atom. The fraction of sp³-hybridized carbons (Fsp3) is 0.125. The summed E-state index contributed by atoms with van der Waals surface area (Å²) in [5, 5.41) is 28.5. The Kier molecular flexibility index (Phi) is 4.74. The van der Waals surface area contributed by atoms with Gasteiger partial charge < -0.3 is 19.9 Å². The number of nitrogens with zero attached hydrogens (tertiary/aromatic N) is 5. The molecule has 0 aliphatic rings. The van der Waals surface area contributed by atoms with Crippen LogP contribution in [0.5, 0.6) is 17.2 Å². The van der Waals surface area contributed by atoms with E-state index >= 15 is 0 Å². The average molecular weight is 340 g/mol. The Bertz CT molecular complexity index is 854. The fourth-order valence-corrected chi connectivity index (χ4v) is 2.10. The van der Waals surface area contributed by atoms with Crippen LogP contribution in [0.25, 0.3) is 0 Å². The maximum Gasteiger partial charge on any atom is 0.269 e. The van der Waals surface area contributed by atoms with Crippen molar-refractivity contribution < 1.29 is 14.6 Å². The summed E-state index contributed by atoms with van der Waals surface area (Å²) in [5.41, 5.74) is 1.48. The number of anilines is 2.